The standard InChI is InChI=1S/C25H24O7/c1-14(2)23(26)30-18-9-11-20(22(13-18)32-25(28)16(5)6)19-10-8-17(29-7)12-21(19)31-24(27)15(3)4/h8-13H,1,3,5H2,2,4,6-7H3. The molecule has 2 rings (SSSR count). The Hall–Kier alpha value is -4.13. The SMILES string of the molecule is C=C(C)C(=O)Oc1ccc(-c2ccc(OC)cc2OC(=O)C(=C)C)c(OC(=O)C(=C)C)c1. The van der Waals surface area contributed by atoms with Gasteiger partial charge in [0.25, 0.3) is 0 Å². The number of esters is 3. The second kappa shape index (κ2) is 10.3. The van der Waals surface area contributed by atoms with Crippen molar-refractivity contribution in [3.05, 3.63) is 72.9 Å². The zero-order chi connectivity index (χ0) is 24.0. The first-order valence-corrected chi connectivity index (χ1v) is 9.49. The monoisotopic (exact) mass is 436 g/mol. The molecular formula is C25H24O7. The van der Waals surface area contributed by atoms with Gasteiger partial charge in [0.2, 0.25) is 0 Å². The van der Waals surface area contributed by atoms with E-state index >= 15 is 0 Å². The number of hydrogen-bond acceptors (Lipinski definition) is 7. The van der Waals surface area contributed by atoms with Crippen molar-refractivity contribution in [2.24, 2.45) is 0 Å². The summed E-state index contributed by atoms with van der Waals surface area (Å²) in [6.07, 6.45) is 0. The van der Waals surface area contributed by atoms with Gasteiger partial charge in [-0.25, -0.2) is 14.4 Å². The maximum Gasteiger partial charge on any atom is 0.338 e. The largest absolute Gasteiger partial charge is 0.497 e. The number of rotatable bonds is 8. The van der Waals surface area contributed by atoms with Crippen molar-refractivity contribution in [3.63, 3.8) is 0 Å². The van der Waals surface area contributed by atoms with Crippen LogP contribution in [0.3, 0.4) is 0 Å². The Morgan fingerprint density at radius 3 is 1.41 bits per heavy atom. The summed E-state index contributed by atoms with van der Waals surface area (Å²) in [5, 5.41) is 0. The molecule has 0 aliphatic heterocycles. The third kappa shape index (κ3) is 5.95. The molecule has 0 heterocycles. The molecule has 0 saturated carbocycles. The summed E-state index contributed by atoms with van der Waals surface area (Å²) in [5.74, 6) is -1.11. The van der Waals surface area contributed by atoms with Crippen LogP contribution in [0.4, 0.5) is 0 Å². The summed E-state index contributed by atoms with van der Waals surface area (Å²) >= 11 is 0. The van der Waals surface area contributed by atoms with Gasteiger partial charge in [-0.15, -0.1) is 0 Å². The quantitative estimate of drug-likeness (QED) is 0.333. The van der Waals surface area contributed by atoms with Gasteiger partial charge >= 0.3 is 17.9 Å². The summed E-state index contributed by atoms with van der Waals surface area (Å²) < 4.78 is 21.4. The van der Waals surface area contributed by atoms with Crippen LogP contribution in [0.5, 0.6) is 23.0 Å². The fourth-order valence-electron chi connectivity index (χ4n) is 2.38. The number of ether oxygens (including phenoxy) is 4. The average Bonchev–Trinajstić information content (AvgIpc) is 2.73. The third-order valence-electron chi connectivity index (χ3n) is 4.09. The maximum absolute atomic E-state index is 12.2. The first-order valence-electron chi connectivity index (χ1n) is 9.49. The van der Waals surface area contributed by atoms with Crippen LogP contribution in [0.25, 0.3) is 11.1 Å². The van der Waals surface area contributed by atoms with Gasteiger partial charge in [-0.3, -0.25) is 0 Å². The predicted octanol–water partition coefficient (Wildman–Crippen LogP) is 4.81. The van der Waals surface area contributed by atoms with Crippen LogP contribution < -0.4 is 18.9 Å². The molecule has 0 N–H and O–H groups in total. The molecule has 0 radical (unpaired) electrons. The van der Waals surface area contributed by atoms with Crippen molar-refractivity contribution in [1.82, 2.24) is 0 Å². The second-order valence-corrected chi connectivity index (χ2v) is 7.03. The summed E-state index contributed by atoms with van der Waals surface area (Å²) in [5.41, 5.74) is 1.42. The highest BCUT2D eigenvalue weighted by atomic mass is 16.5. The van der Waals surface area contributed by atoms with E-state index in [4.69, 9.17) is 18.9 Å². The summed E-state index contributed by atoms with van der Waals surface area (Å²) in [4.78, 5) is 36.3. The fourth-order valence-corrected chi connectivity index (χ4v) is 2.38. The summed E-state index contributed by atoms with van der Waals surface area (Å²) in [7, 11) is 1.48. The van der Waals surface area contributed by atoms with E-state index in [-0.39, 0.29) is 34.0 Å². The van der Waals surface area contributed by atoms with E-state index in [2.05, 4.69) is 19.7 Å². The zero-order valence-electron chi connectivity index (χ0n) is 18.4. The van der Waals surface area contributed by atoms with Gasteiger partial charge in [-0.2, -0.15) is 0 Å². The Bertz CT molecular complexity index is 1130. The Morgan fingerprint density at radius 1 is 0.625 bits per heavy atom. The molecule has 2 aromatic carbocycles. The van der Waals surface area contributed by atoms with E-state index in [1.54, 1.807) is 18.2 Å². The van der Waals surface area contributed by atoms with Crippen LogP contribution in [0.15, 0.2) is 72.9 Å². The van der Waals surface area contributed by atoms with Gasteiger partial charge < -0.3 is 18.9 Å². The highest BCUT2D eigenvalue weighted by Gasteiger charge is 2.20. The molecule has 7 heteroatoms. The third-order valence-corrected chi connectivity index (χ3v) is 4.09. The first-order chi connectivity index (χ1) is 15.0. The van der Waals surface area contributed by atoms with E-state index in [0.29, 0.717) is 16.9 Å². The number of carbonyl (C=O) groups is 3. The molecule has 0 aliphatic carbocycles. The molecule has 7 nitrogen and oxygen atoms in total. The lowest BCUT2D eigenvalue weighted by Crippen LogP contribution is -2.12. The summed E-state index contributed by atoms with van der Waals surface area (Å²) in [6.45, 7) is 15.2. The van der Waals surface area contributed by atoms with Crippen molar-refractivity contribution in [3.8, 4) is 34.1 Å². The van der Waals surface area contributed by atoms with Gasteiger partial charge in [-0.05, 0) is 45.0 Å². The van der Waals surface area contributed by atoms with Crippen molar-refractivity contribution < 1.29 is 33.3 Å². The topological polar surface area (TPSA) is 88.1 Å². The maximum atomic E-state index is 12.2. The van der Waals surface area contributed by atoms with E-state index in [1.165, 1.54) is 46.1 Å². The highest BCUT2D eigenvalue weighted by molar-refractivity contribution is 5.93. The molecule has 0 fully saturated rings. The molecule has 32 heavy (non-hydrogen) atoms. The lowest BCUT2D eigenvalue weighted by atomic mass is 10.0. The summed E-state index contributed by atoms with van der Waals surface area (Å²) in [6, 6.07) is 9.30. The average molecular weight is 436 g/mol. The smallest absolute Gasteiger partial charge is 0.338 e. The number of benzene rings is 2. The molecule has 0 amide bonds. The highest BCUT2D eigenvalue weighted by Crippen LogP contribution is 2.40. The van der Waals surface area contributed by atoms with E-state index in [1.807, 2.05) is 0 Å². The van der Waals surface area contributed by atoms with E-state index in [9.17, 15) is 14.4 Å². The minimum Gasteiger partial charge on any atom is -0.497 e. The van der Waals surface area contributed by atoms with Crippen LogP contribution in [-0.4, -0.2) is 25.0 Å². The Balaban J connectivity index is 2.63. The van der Waals surface area contributed by atoms with Gasteiger partial charge in [-0.1, -0.05) is 19.7 Å². The van der Waals surface area contributed by atoms with Crippen LogP contribution >= 0.6 is 0 Å². The van der Waals surface area contributed by atoms with Gasteiger partial charge in [0.05, 0.1) is 7.11 Å². The molecule has 0 bridgehead atoms. The minimum atomic E-state index is -0.677. The Kier molecular flexibility index (Phi) is 7.74. The normalized spacial score (nSPS) is 10.0. The minimum absolute atomic E-state index is 0.0720. The molecule has 0 atom stereocenters. The molecular weight excluding hydrogens is 412 g/mol. The molecule has 0 saturated heterocycles. The van der Waals surface area contributed by atoms with Crippen molar-refractivity contribution in [2.75, 3.05) is 7.11 Å². The van der Waals surface area contributed by atoms with Gasteiger partial charge in [0, 0.05) is 40.0 Å². The Labute approximate surface area is 186 Å². The van der Waals surface area contributed by atoms with E-state index < -0.39 is 17.9 Å². The van der Waals surface area contributed by atoms with Crippen LogP contribution in [-0.2, 0) is 14.4 Å². The van der Waals surface area contributed by atoms with Gasteiger partial charge in [0.15, 0.2) is 0 Å². The molecule has 0 unspecified atom stereocenters. The first kappa shape index (κ1) is 24.1. The molecule has 0 aliphatic rings. The number of carbonyl (C=O) groups excluding carboxylic acids is 3. The van der Waals surface area contributed by atoms with Crippen molar-refractivity contribution in [1.29, 1.82) is 0 Å². The Morgan fingerprint density at radius 2 is 1.00 bits per heavy atom. The fraction of sp³-hybridized carbons (Fsp3) is 0.160. The molecule has 2 aromatic rings. The molecule has 166 valence electrons. The van der Waals surface area contributed by atoms with E-state index in [0.717, 1.165) is 0 Å². The van der Waals surface area contributed by atoms with Crippen LogP contribution in [0.2, 0.25) is 0 Å². The number of hydrogen-bond donors (Lipinski definition) is 0. The molecule has 0 aromatic heterocycles. The van der Waals surface area contributed by atoms with Crippen molar-refractivity contribution in [2.45, 2.75) is 20.8 Å². The van der Waals surface area contributed by atoms with Crippen LogP contribution in [0.1, 0.15) is 20.8 Å². The second-order valence-electron chi connectivity index (χ2n) is 7.03. The van der Waals surface area contributed by atoms with Gasteiger partial charge in [0.1, 0.15) is 23.0 Å². The molecule has 0 spiro atoms. The lowest BCUT2D eigenvalue weighted by molar-refractivity contribution is -0.131. The number of methoxy groups -OCH3 is 1. The van der Waals surface area contributed by atoms with Crippen molar-refractivity contribution >= 4 is 17.9 Å². The lowest BCUT2D eigenvalue weighted by Gasteiger charge is -2.16. The zero-order valence-corrected chi connectivity index (χ0v) is 18.4. The predicted molar refractivity (Wildman–Crippen MR) is 120 cm³/mol. The van der Waals surface area contributed by atoms with Crippen LogP contribution in [0, 0.1) is 0 Å².